The van der Waals surface area contributed by atoms with Crippen molar-refractivity contribution in [3.63, 3.8) is 0 Å². The normalized spacial score (nSPS) is 18.6. The van der Waals surface area contributed by atoms with Gasteiger partial charge in [-0.3, -0.25) is 0 Å². The van der Waals surface area contributed by atoms with Crippen molar-refractivity contribution in [1.82, 2.24) is 4.90 Å². The average molecular weight is 339 g/mol. The minimum absolute atomic E-state index is 0.0237. The molecule has 4 nitrogen and oxygen atoms in total. The molecule has 2 aromatic rings. The van der Waals surface area contributed by atoms with Crippen LogP contribution in [0.25, 0.3) is 0 Å². The number of hydrogen-bond acceptors (Lipinski definition) is 3. The summed E-state index contributed by atoms with van der Waals surface area (Å²) in [6.45, 7) is 0.983. The van der Waals surface area contributed by atoms with Crippen molar-refractivity contribution < 1.29 is 14.6 Å². The van der Waals surface area contributed by atoms with Crippen LogP contribution in [-0.2, 0) is 11.3 Å². The number of carbonyl (C=O) groups is 1. The summed E-state index contributed by atoms with van der Waals surface area (Å²) in [4.78, 5) is 14.5. The van der Waals surface area contributed by atoms with E-state index in [1.54, 1.807) is 4.90 Å². The molecule has 25 heavy (non-hydrogen) atoms. The van der Waals surface area contributed by atoms with E-state index in [1.165, 1.54) is 0 Å². The van der Waals surface area contributed by atoms with Crippen LogP contribution in [0.4, 0.5) is 4.79 Å². The first-order valence-corrected chi connectivity index (χ1v) is 8.92. The molecule has 0 saturated carbocycles. The Bertz CT molecular complexity index is 659. The fourth-order valence-corrected chi connectivity index (χ4v) is 3.55. The van der Waals surface area contributed by atoms with E-state index in [1.807, 2.05) is 60.7 Å². The lowest BCUT2D eigenvalue weighted by Gasteiger charge is -2.39. The van der Waals surface area contributed by atoms with E-state index in [9.17, 15) is 9.90 Å². The third-order valence-corrected chi connectivity index (χ3v) is 4.88. The Morgan fingerprint density at radius 2 is 1.76 bits per heavy atom. The highest BCUT2D eigenvalue weighted by molar-refractivity contribution is 5.68. The highest BCUT2D eigenvalue weighted by atomic mass is 16.6. The number of aliphatic hydroxyl groups excluding tert-OH is 1. The first-order valence-electron chi connectivity index (χ1n) is 8.92. The summed E-state index contributed by atoms with van der Waals surface area (Å²) in [5.74, 6) is -0.0780. The van der Waals surface area contributed by atoms with Gasteiger partial charge >= 0.3 is 6.09 Å². The van der Waals surface area contributed by atoms with Crippen molar-refractivity contribution in [2.24, 2.45) is 0 Å². The van der Waals surface area contributed by atoms with Gasteiger partial charge in [0.25, 0.3) is 0 Å². The van der Waals surface area contributed by atoms with Gasteiger partial charge in [-0.05, 0) is 30.4 Å². The molecule has 2 aromatic carbocycles. The molecule has 4 heteroatoms. The predicted molar refractivity (Wildman–Crippen MR) is 97.2 cm³/mol. The fourth-order valence-electron chi connectivity index (χ4n) is 3.55. The van der Waals surface area contributed by atoms with Gasteiger partial charge in [0.2, 0.25) is 0 Å². The summed E-state index contributed by atoms with van der Waals surface area (Å²) in [6, 6.07) is 19.6. The Morgan fingerprint density at radius 3 is 2.44 bits per heavy atom. The average Bonchev–Trinajstić information content (AvgIpc) is 2.69. The molecule has 2 atom stereocenters. The summed E-state index contributed by atoms with van der Waals surface area (Å²) in [6.07, 6.45) is 2.64. The van der Waals surface area contributed by atoms with Crippen LogP contribution >= 0.6 is 0 Å². The van der Waals surface area contributed by atoms with Crippen molar-refractivity contribution in [3.05, 3.63) is 71.8 Å². The van der Waals surface area contributed by atoms with Gasteiger partial charge in [0.05, 0.1) is 6.61 Å². The number of carbonyl (C=O) groups excluding carboxylic acids is 1. The first kappa shape index (κ1) is 17.5. The van der Waals surface area contributed by atoms with E-state index < -0.39 is 0 Å². The maximum Gasteiger partial charge on any atom is 0.410 e. The molecular weight excluding hydrogens is 314 g/mol. The monoisotopic (exact) mass is 339 g/mol. The zero-order valence-electron chi connectivity index (χ0n) is 14.4. The summed E-state index contributed by atoms with van der Waals surface area (Å²) in [7, 11) is 0. The molecule has 132 valence electrons. The minimum atomic E-state index is -0.289. The predicted octanol–water partition coefficient (Wildman–Crippen LogP) is 3.95. The van der Waals surface area contributed by atoms with Crippen LogP contribution < -0.4 is 0 Å². The molecule has 0 bridgehead atoms. The van der Waals surface area contributed by atoms with E-state index in [2.05, 4.69) is 0 Å². The summed E-state index contributed by atoms with van der Waals surface area (Å²) in [5, 5.41) is 9.96. The second-order valence-corrected chi connectivity index (χ2v) is 6.50. The van der Waals surface area contributed by atoms with Gasteiger partial charge in [-0.2, -0.15) is 0 Å². The van der Waals surface area contributed by atoms with E-state index in [4.69, 9.17) is 4.74 Å². The molecule has 0 aliphatic carbocycles. The number of amides is 1. The SMILES string of the molecule is O=C(OCc1ccccc1)N1CCCCC1C(CO)c1ccccc1. The highest BCUT2D eigenvalue weighted by Crippen LogP contribution is 2.30. The summed E-state index contributed by atoms with van der Waals surface area (Å²) >= 11 is 0. The van der Waals surface area contributed by atoms with Crippen LogP contribution in [0.15, 0.2) is 60.7 Å². The number of benzene rings is 2. The Hall–Kier alpha value is -2.33. The number of likely N-dealkylation sites (tertiary alicyclic amines) is 1. The van der Waals surface area contributed by atoms with E-state index in [-0.39, 0.29) is 31.3 Å². The Labute approximate surface area is 149 Å². The van der Waals surface area contributed by atoms with Crippen LogP contribution in [0.1, 0.15) is 36.3 Å². The molecule has 0 radical (unpaired) electrons. The van der Waals surface area contributed by atoms with Gasteiger partial charge < -0.3 is 14.7 Å². The number of ether oxygens (including phenoxy) is 1. The molecule has 3 rings (SSSR count). The molecule has 1 amide bonds. The lowest BCUT2D eigenvalue weighted by molar-refractivity contribution is 0.0536. The standard InChI is InChI=1S/C21H25NO3/c23-15-19(18-11-5-2-6-12-18)20-13-7-8-14-22(20)21(24)25-16-17-9-3-1-4-10-17/h1-6,9-12,19-20,23H,7-8,13-16H2. The van der Waals surface area contributed by atoms with Crippen molar-refractivity contribution >= 4 is 6.09 Å². The van der Waals surface area contributed by atoms with Crippen LogP contribution in [0.2, 0.25) is 0 Å². The van der Waals surface area contributed by atoms with Crippen LogP contribution in [0.5, 0.6) is 0 Å². The van der Waals surface area contributed by atoms with E-state index in [0.717, 1.165) is 30.4 Å². The largest absolute Gasteiger partial charge is 0.445 e. The summed E-state index contributed by atoms with van der Waals surface area (Å²) < 4.78 is 5.53. The number of hydrogen-bond donors (Lipinski definition) is 1. The zero-order valence-corrected chi connectivity index (χ0v) is 14.4. The molecule has 1 saturated heterocycles. The number of aliphatic hydroxyl groups is 1. The second kappa shape index (κ2) is 8.67. The first-order chi connectivity index (χ1) is 12.3. The molecule has 1 N–H and O–H groups in total. The maximum atomic E-state index is 12.7. The third kappa shape index (κ3) is 4.40. The second-order valence-electron chi connectivity index (χ2n) is 6.50. The third-order valence-electron chi connectivity index (χ3n) is 4.88. The molecule has 1 aliphatic heterocycles. The Balaban J connectivity index is 1.70. The van der Waals surface area contributed by atoms with Crippen molar-refractivity contribution in [1.29, 1.82) is 0 Å². The molecule has 0 spiro atoms. The smallest absolute Gasteiger partial charge is 0.410 e. The Kier molecular flexibility index (Phi) is 6.07. The fraction of sp³-hybridized carbons (Fsp3) is 0.381. The quantitative estimate of drug-likeness (QED) is 0.897. The van der Waals surface area contributed by atoms with Crippen molar-refractivity contribution in [2.45, 2.75) is 37.8 Å². The van der Waals surface area contributed by atoms with Crippen LogP contribution in [0.3, 0.4) is 0 Å². The minimum Gasteiger partial charge on any atom is -0.445 e. The molecule has 1 aliphatic rings. The topological polar surface area (TPSA) is 49.8 Å². The number of piperidine rings is 1. The molecular formula is C21H25NO3. The number of rotatable bonds is 5. The summed E-state index contributed by atoms with van der Waals surface area (Å²) in [5.41, 5.74) is 2.05. The molecule has 1 heterocycles. The van der Waals surface area contributed by atoms with Gasteiger partial charge in [0, 0.05) is 18.5 Å². The molecule has 0 aromatic heterocycles. The van der Waals surface area contributed by atoms with Crippen LogP contribution in [-0.4, -0.2) is 35.3 Å². The molecule has 1 fully saturated rings. The lowest BCUT2D eigenvalue weighted by atomic mass is 9.86. The van der Waals surface area contributed by atoms with Gasteiger partial charge in [0.15, 0.2) is 0 Å². The van der Waals surface area contributed by atoms with Gasteiger partial charge in [-0.1, -0.05) is 60.7 Å². The molecule has 2 unspecified atom stereocenters. The van der Waals surface area contributed by atoms with E-state index >= 15 is 0 Å². The van der Waals surface area contributed by atoms with Gasteiger partial charge in [-0.15, -0.1) is 0 Å². The zero-order chi connectivity index (χ0) is 17.5. The van der Waals surface area contributed by atoms with Crippen molar-refractivity contribution in [2.75, 3.05) is 13.2 Å². The maximum absolute atomic E-state index is 12.7. The van der Waals surface area contributed by atoms with Crippen molar-refractivity contribution in [3.8, 4) is 0 Å². The van der Waals surface area contributed by atoms with Gasteiger partial charge in [-0.25, -0.2) is 4.79 Å². The highest BCUT2D eigenvalue weighted by Gasteiger charge is 2.34. The number of nitrogens with zero attached hydrogens (tertiary/aromatic N) is 1. The Morgan fingerprint density at radius 1 is 1.08 bits per heavy atom. The van der Waals surface area contributed by atoms with Crippen LogP contribution in [0, 0.1) is 0 Å². The lowest BCUT2D eigenvalue weighted by Crippen LogP contribution is -2.47. The van der Waals surface area contributed by atoms with E-state index in [0.29, 0.717) is 6.54 Å². The van der Waals surface area contributed by atoms with Gasteiger partial charge in [0.1, 0.15) is 6.61 Å².